The van der Waals surface area contributed by atoms with Crippen molar-refractivity contribution in [1.29, 1.82) is 0 Å². The van der Waals surface area contributed by atoms with E-state index in [9.17, 15) is 0 Å². The third-order valence-corrected chi connectivity index (χ3v) is 2.16. The highest BCUT2D eigenvalue weighted by Gasteiger charge is 2.14. The minimum atomic E-state index is 0.307. The second kappa shape index (κ2) is 4.04. The van der Waals surface area contributed by atoms with E-state index in [2.05, 4.69) is 45.9 Å². The van der Waals surface area contributed by atoms with E-state index in [1.807, 2.05) is 0 Å². The minimum absolute atomic E-state index is 0.307. The lowest BCUT2D eigenvalue weighted by Gasteiger charge is -2.20. The summed E-state index contributed by atoms with van der Waals surface area (Å²) in [6.45, 7) is 8.85. The van der Waals surface area contributed by atoms with Gasteiger partial charge in [-0.2, -0.15) is 0 Å². The second-order valence-corrected chi connectivity index (χ2v) is 5.05. The molecule has 0 N–H and O–H groups in total. The lowest BCUT2D eigenvalue weighted by Crippen LogP contribution is -2.10. The van der Waals surface area contributed by atoms with Gasteiger partial charge in [-0.15, -0.1) is 0 Å². The Morgan fingerprint density at radius 3 is 2.36 bits per heavy atom. The van der Waals surface area contributed by atoms with E-state index in [1.54, 1.807) is 7.11 Å². The molecule has 0 atom stereocenters. The molecule has 0 aliphatic rings. The van der Waals surface area contributed by atoms with Crippen LogP contribution in [0.25, 0.3) is 0 Å². The Hall–Kier alpha value is -0.980. The van der Waals surface area contributed by atoms with Gasteiger partial charge in [0.2, 0.25) is 0 Å². The first-order valence-corrected chi connectivity index (χ1v) is 5.06. The topological polar surface area (TPSA) is 9.23 Å². The molecule has 0 spiro atoms. The smallest absolute Gasteiger partial charge is 0.122 e. The number of hydrogen-bond donors (Lipinski definition) is 0. The summed E-state index contributed by atoms with van der Waals surface area (Å²) in [7, 11) is 1.73. The maximum atomic E-state index is 5.35. The molecule has 14 heavy (non-hydrogen) atoms. The number of aryl methyl sites for hydroxylation is 1. The molecule has 0 heterocycles. The maximum Gasteiger partial charge on any atom is 0.122 e. The fraction of sp³-hybridized carbons (Fsp3) is 0.538. The van der Waals surface area contributed by atoms with Crippen molar-refractivity contribution >= 4 is 0 Å². The van der Waals surface area contributed by atoms with E-state index >= 15 is 0 Å². The summed E-state index contributed by atoms with van der Waals surface area (Å²) in [6.07, 6.45) is 1.05. The van der Waals surface area contributed by atoms with Crippen LogP contribution < -0.4 is 4.74 Å². The molecule has 1 heteroatoms. The van der Waals surface area contributed by atoms with Gasteiger partial charge in [-0.05, 0) is 30.4 Å². The SMILES string of the molecule is COc1ccc(C)cc1CC(C)(C)C. The summed E-state index contributed by atoms with van der Waals surface area (Å²) in [5.74, 6) is 1.01. The van der Waals surface area contributed by atoms with Gasteiger partial charge in [-0.3, -0.25) is 0 Å². The van der Waals surface area contributed by atoms with E-state index in [0.717, 1.165) is 12.2 Å². The molecule has 0 aromatic heterocycles. The van der Waals surface area contributed by atoms with Crippen LogP contribution in [-0.4, -0.2) is 7.11 Å². The molecule has 0 amide bonds. The zero-order chi connectivity index (χ0) is 10.8. The summed E-state index contributed by atoms with van der Waals surface area (Å²) in [4.78, 5) is 0. The van der Waals surface area contributed by atoms with E-state index in [4.69, 9.17) is 4.74 Å². The molecule has 0 aliphatic heterocycles. The monoisotopic (exact) mass is 192 g/mol. The van der Waals surface area contributed by atoms with Crippen molar-refractivity contribution in [2.24, 2.45) is 5.41 Å². The van der Waals surface area contributed by atoms with Crippen LogP contribution in [0.3, 0.4) is 0 Å². The highest BCUT2D eigenvalue weighted by atomic mass is 16.5. The van der Waals surface area contributed by atoms with Gasteiger partial charge in [0.15, 0.2) is 0 Å². The van der Waals surface area contributed by atoms with Gasteiger partial charge >= 0.3 is 0 Å². The van der Waals surface area contributed by atoms with Crippen molar-refractivity contribution < 1.29 is 4.74 Å². The Kier molecular flexibility index (Phi) is 3.20. The van der Waals surface area contributed by atoms with Crippen LogP contribution in [0.4, 0.5) is 0 Å². The van der Waals surface area contributed by atoms with Crippen LogP contribution in [0.5, 0.6) is 5.75 Å². The molecule has 1 aromatic carbocycles. The number of benzene rings is 1. The zero-order valence-corrected chi connectivity index (χ0v) is 9.85. The molecule has 0 fully saturated rings. The van der Waals surface area contributed by atoms with Gasteiger partial charge in [0.1, 0.15) is 5.75 Å². The Morgan fingerprint density at radius 2 is 1.86 bits per heavy atom. The largest absolute Gasteiger partial charge is 0.496 e. The molecule has 1 nitrogen and oxygen atoms in total. The second-order valence-electron chi connectivity index (χ2n) is 5.05. The van der Waals surface area contributed by atoms with Gasteiger partial charge in [0, 0.05) is 0 Å². The predicted octanol–water partition coefficient (Wildman–Crippen LogP) is 3.59. The van der Waals surface area contributed by atoms with Gasteiger partial charge < -0.3 is 4.74 Å². The standard InChI is InChI=1S/C13H20O/c1-10-6-7-12(14-5)11(8-10)9-13(2,3)4/h6-8H,9H2,1-5H3. The predicted molar refractivity (Wildman–Crippen MR) is 60.9 cm³/mol. The van der Waals surface area contributed by atoms with E-state index in [-0.39, 0.29) is 0 Å². The first-order chi connectivity index (χ1) is 6.42. The average Bonchev–Trinajstić information content (AvgIpc) is 2.01. The molecular weight excluding hydrogens is 172 g/mol. The molecule has 1 rings (SSSR count). The Labute approximate surface area is 87.1 Å². The number of methoxy groups -OCH3 is 1. The van der Waals surface area contributed by atoms with Crippen LogP contribution >= 0.6 is 0 Å². The van der Waals surface area contributed by atoms with Crippen LogP contribution in [0, 0.1) is 12.3 Å². The average molecular weight is 192 g/mol. The normalized spacial score (nSPS) is 11.5. The van der Waals surface area contributed by atoms with E-state index in [0.29, 0.717) is 5.41 Å². The van der Waals surface area contributed by atoms with Gasteiger partial charge in [0.25, 0.3) is 0 Å². The van der Waals surface area contributed by atoms with Crippen molar-refractivity contribution in [1.82, 2.24) is 0 Å². The molecule has 0 bridgehead atoms. The molecule has 1 aromatic rings. The Balaban J connectivity index is 2.99. The van der Waals surface area contributed by atoms with E-state index in [1.165, 1.54) is 11.1 Å². The molecule has 0 radical (unpaired) electrons. The Bertz CT molecular complexity index is 308. The number of rotatable bonds is 2. The molecule has 0 aliphatic carbocycles. The van der Waals surface area contributed by atoms with Crippen LogP contribution in [0.2, 0.25) is 0 Å². The van der Waals surface area contributed by atoms with Crippen molar-refractivity contribution in [2.45, 2.75) is 34.1 Å². The minimum Gasteiger partial charge on any atom is -0.496 e. The summed E-state index contributed by atoms with van der Waals surface area (Å²) in [5, 5.41) is 0. The van der Waals surface area contributed by atoms with Crippen molar-refractivity contribution in [3.63, 3.8) is 0 Å². The van der Waals surface area contributed by atoms with Gasteiger partial charge in [-0.1, -0.05) is 38.5 Å². The quantitative estimate of drug-likeness (QED) is 0.695. The highest BCUT2D eigenvalue weighted by Crippen LogP contribution is 2.27. The lowest BCUT2D eigenvalue weighted by molar-refractivity contribution is 0.378. The highest BCUT2D eigenvalue weighted by molar-refractivity contribution is 5.37. The van der Waals surface area contributed by atoms with E-state index < -0.39 is 0 Å². The van der Waals surface area contributed by atoms with Gasteiger partial charge in [0.05, 0.1) is 7.11 Å². The van der Waals surface area contributed by atoms with Crippen LogP contribution in [-0.2, 0) is 6.42 Å². The summed E-state index contributed by atoms with van der Waals surface area (Å²) in [5.41, 5.74) is 2.91. The molecule has 0 saturated carbocycles. The van der Waals surface area contributed by atoms with Crippen LogP contribution in [0.1, 0.15) is 31.9 Å². The summed E-state index contributed by atoms with van der Waals surface area (Å²) < 4.78 is 5.35. The first-order valence-electron chi connectivity index (χ1n) is 5.06. The number of hydrogen-bond acceptors (Lipinski definition) is 1. The fourth-order valence-electron chi connectivity index (χ4n) is 1.62. The maximum absolute atomic E-state index is 5.35. The van der Waals surface area contributed by atoms with Crippen molar-refractivity contribution in [2.75, 3.05) is 7.11 Å². The third kappa shape index (κ3) is 3.06. The zero-order valence-electron chi connectivity index (χ0n) is 9.85. The fourth-order valence-corrected chi connectivity index (χ4v) is 1.62. The first kappa shape index (κ1) is 11.1. The Morgan fingerprint density at radius 1 is 1.21 bits per heavy atom. The number of ether oxygens (including phenoxy) is 1. The lowest BCUT2D eigenvalue weighted by atomic mass is 9.87. The van der Waals surface area contributed by atoms with Gasteiger partial charge in [-0.25, -0.2) is 0 Å². The molecule has 0 unspecified atom stereocenters. The van der Waals surface area contributed by atoms with Crippen LogP contribution in [0.15, 0.2) is 18.2 Å². The summed E-state index contributed by atoms with van der Waals surface area (Å²) >= 11 is 0. The van der Waals surface area contributed by atoms with Crippen molar-refractivity contribution in [3.8, 4) is 5.75 Å². The third-order valence-electron chi connectivity index (χ3n) is 2.16. The summed E-state index contributed by atoms with van der Waals surface area (Å²) in [6, 6.07) is 6.35. The molecule has 78 valence electrons. The molecule has 0 saturated heterocycles. The van der Waals surface area contributed by atoms with Crippen molar-refractivity contribution in [3.05, 3.63) is 29.3 Å². The molecular formula is C13H20O.